The Bertz CT molecular complexity index is 469. The fourth-order valence-electron chi connectivity index (χ4n) is 2.51. The summed E-state index contributed by atoms with van der Waals surface area (Å²) in [6.45, 7) is 5.47. The maximum absolute atomic E-state index is 12.0. The number of aliphatic hydroxyl groups is 1. The molecule has 0 unspecified atom stereocenters. The Kier molecular flexibility index (Phi) is 3.90. The van der Waals surface area contributed by atoms with Crippen LogP contribution in [0.1, 0.15) is 13.3 Å². The number of methoxy groups -OCH3 is 1. The summed E-state index contributed by atoms with van der Waals surface area (Å²) >= 11 is 0. The largest absolute Gasteiger partial charge is 0.497 e. The van der Waals surface area contributed by atoms with Gasteiger partial charge in [-0.2, -0.15) is 0 Å². The number of hydrogen-bond acceptors (Lipinski definition) is 3. The van der Waals surface area contributed by atoms with Gasteiger partial charge in [0.05, 0.1) is 25.2 Å². The molecule has 1 saturated heterocycles. The van der Waals surface area contributed by atoms with Crippen molar-refractivity contribution in [3.63, 3.8) is 0 Å². The summed E-state index contributed by atoms with van der Waals surface area (Å²) in [5.41, 5.74) is 0.789. The molecular formula is C15H19NO3. The van der Waals surface area contributed by atoms with Crippen LogP contribution in [0.2, 0.25) is 0 Å². The van der Waals surface area contributed by atoms with Crippen molar-refractivity contribution in [2.45, 2.75) is 25.5 Å². The molecular weight excluding hydrogens is 242 g/mol. The Balaban J connectivity index is 2.20. The SMILES string of the molecule is C=CC[C@@H](O)[C@H]1[C@@H](C)C(=O)N1c1ccc(OC)cc1. The monoisotopic (exact) mass is 261 g/mol. The molecule has 1 N–H and O–H groups in total. The van der Waals surface area contributed by atoms with Gasteiger partial charge in [0, 0.05) is 5.69 Å². The molecule has 1 fully saturated rings. The van der Waals surface area contributed by atoms with Crippen molar-refractivity contribution < 1.29 is 14.6 Å². The number of rotatable bonds is 5. The molecule has 0 spiro atoms. The molecule has 1 aliphatic rings. The van der Waals surface area contributed by atoms with E-state index in [0.29, 0.717) is 6.42 Å². The molecule has 1 aromatic carbocycles. The summed E-state index contributed by atoms with van der Waals surface area (Å²) in [5.74, 6) is 0.628. The zero-order chi connectivity index (χ0) is 14.0. The van der Waals surface area contributed by atoms with Gasteiger partial charge in [-0.15, -0.1) is 6.58 Å². The Morgan fingerprint density at radius 3 is 2.63 bits per heavy atom. The van der Waals surface area contributed by atoms with Crippen LogP contribution >= 0.6 is 0 Å². The molecule has 1 amide bonds. The molecule has 4 heteroatoms. The van der Waals surface area contributed by atoms with E-state index in [0.717, 1.165) is 11.4 Å². The zero-order valence-corrected chi connectivity index (χ0v) is 11.2. The molecule has 102 valence electrons. The molecule has 3 atom stereocenters. The average Bonchev–Trinajstić information content (AvgIpc) is 2.44. The highest BCUT2D eigenvalue weighted by molar-refractivity contribution is 6.02. The summed E-state index contributed by atoms with van der Waals surface area (Å²) in [6.07, 6.45) is 1.58. The Morgan fingerprint density at radius 2 is 2.11 bits per heavy atom. The van der Waals surface area contributed by atoms with Crippen LogP contribution in [-0.4, -0.2) is 30.3 Å². The van der Waals surface area contributed by atoms with Crippen molar-refractivity contribution in [1.82, 2.24) is 0 Å². The summed E-state index contributed by atoms with van der Waals surface area (Å²) in [5, 5.41) is 10.1. The van der Waals surface area contributed by atoms with E-state index in [-0.39, 0.29) is 17.9 Å². The second-order valence-corrected chi connectivity index (χ2v) is 4.78. The van der Waals surface area contributed by atoms with Crippen LogP contribution in [-0.2, 0) is 4.79 Å². The second kappa shape index (κ2) is 5.45. The van der Waals surface area contributed by atoms with E-state index in [4.69, 9.17) is 4.74 Å². The Labute approximate surface area is 113 Å². The van der Waals surface area contributed by atoms with E-state index in [2.05, 4.69) is 6.58 Å². The average molecular weight is 261 g/mol. The molecule has 1 aromatic rings. The molecule has 2 rings (SSSR count). The number of carbonyl (C=O) groups is 1. The van der Waals surface area contributed by atoms with Gasteiger partial charge in [-0.05, 0) is 30.7 Å². The first-order valence-corrected chi connectivity index (χ1v) is 6.36. The van der Waals surface area contributed by atoms with Crippen molar-refractivity contribution in [2.75, 3.05) is 12.0 Å². The topological polar surface area (TPSA) is 49.8 Å². The predicted molar refractivity (Wildman–Crippen MR) is 74.3 cm³/mol. The van der Waals surface area contributed by atoms with E-state index in [1.165, 1.54) is 0 Å². The quantitative estimate of drug-likeness (QED) is 0.651. The fourth-order valence-corrected chi connectivity index (χ4v) is 2.51. The van der Waals surface area contributed by atoms with E-state index < -0.39 is 6.10 Å². The van der Waals surface area contributed by atoms with Crippen LogP contribution in [0, 0.1) is 5.92 Å². The lowest BCUT2D eigenvalue weighted by molar-refractivity contribution is -0.132. The van der Waals surface area contributed by atoms with E-state index >= 15 is 0 Å². The number of ether oxygens (including phenoxy) is 1. The van der Waals surface area contributed by atoms with E-state index in [9.17, 15) is 9.90 Å². The van der Waals surface area contributed by atoms with Crippen LogP contribution in [0.5, 0.6) is 5.75 Å². The molecule has 0 aromatic heterocycles. The zero-order valence-electron chi connectivity index (χ0n) is 11.2. The smallest absolute Gasteiger partial charge is 0.232 e. The normalized spacial score (nSPS) is 23.7. The number of β-lactam (4-membered cyclic amide) rings is 1. The van der Waals surface area contributed by atoms with Crippen LogP contribution < -0.4 is 9.64 Å². The molecule has 0 bridgehead atoms. The maximum atomic E-state index is 12.0. The molecule has 0 saturated carbocycles. The summed E-state index contributed by atoms with van der Waals surface area (Å²) in [7, 11) is 1.60. The van der Waals surface area contributed by atoms with Gasteiger partial charge in [0.1, 0.15) is 5.75 Å². The van der Waals surface area contributed by atoms with E-state index in [1.807, 2.05) is 31.2 Å². The molecule has 0 aliphatic carbocycles. The van der Waals surface area contributed by atoms with Crippen molar-refractivity contribution in [3.05, 3.63) is 36.9 Å². The minimum atomic E-state index is -0.577. The lowest BCUT2D eigenvalue weighted by Gasteiger charge is -2.47. The number of benzene rings is 1. The molecule has 19 heavy (non-hydrogen) atoms. The molecule has 0 radical (unpaired) electrons. The van der Waals surface area contributed by atoms with Gasteiger partial charge < -0.3 is 14.7 Å². The molecule has 1 aliphatic heterocycles. The predicted octanol–water partition coefficient (Wildman–Crippen LogP) is 1.98. The van der Waals surface area contributed by atoms with Crippen molar-refractivity contribution >= 4 is 11.6 Å². The third-order valence-electron chi connectivity index (χ3n) is 3.59. The van der Waals surface area contributed by atoms with Gasteiger partial charge in [0.2, 0.25) is 5.91 Å². The standard InChI is InChI=1S/C15H19NO3/c1-4-5-13(17)14-10(2)15(18)16(14)11-6-8-12(19-3)9-7-11/h4,6-10,13-14,17H,1,5H2,2-3H3/t10-,13-,14-/m1/s1. The highest BCUT2D eigenvalue weighted by atomic mass is 16.5. The van der Waals surface area contributed by atoms with E-state index in [1.54, 1.807) is 18.1 Å². The number of amides is 1. The van der Waals surface area contributed by atoms with Crippen LogP contribution in [0.3, 0.4) is 0 Å². The Hall–Kier alpha value is -1.81. The summed E-state index contributed by atoms with van der Waals surface area (Å²) in [4.78, 5) is 13.6. The first kappa shape index (κ1) is 13.6. The summed E-state index contributed by atoms with van der Waals surface area (Å²) < 4.78 is 5.10. The highest BCUT2D eigenvalue weighted by Gasteiger charge is 2.48. The number of hydrogen-bond donors (Lipinski definition) is 1. The second-order valence-electron chi connectivity index (χ2n) is 4.78. The van der Waals surface area contributed by atoms with Crippen LogP contribution in [0.25, 0.3) is 0 Å². The van der Waals surface area contributed by atoms with Gasteiger partial charge in [-0.25, -0.2) is 0 Å². The van der Waals surface area contributed by atoms with Crippen molar-refractivity contribution in [2.24, 2.45) is 5.92 Å². The van der Waals surface area contributed by atoms with Crippen LogP contribution in [0.4, 0.5) is 5.69 Å². The third-order valence-corrected chi connectivity index (χ3v) is 3.59. The number of nitrogens with zero attached hydrogens (tertiary/aromatic N) is 1. The molecule has 1 heterocycles. The van der Waals surface area contributed by atoms with Crippen molar-refractivity contribution in [1.29, 1.82) is 0 Å². The Morgan fingerprint density at radius 1 is 1.47 bits per heavy atom. The van der Waals surface area contributed by atoms with Gasteiger partial charge >= 0.3 is 0 Å². The number of carbonyl (C=O) groups excluding carboxylic acids is 1. The van der Waals surface area contributed by atoms with Gasteiger partial charge in [-0.1, -0.05) is 13.0 Å². The molecule has 4 nitrogen and oxygen atoms in total. The minimum absolute atomic E-state index is 0.0401. The van der Waals surface area contributed by atoms with Gasteiger partial charge in [0.25, 0.3) is 0 Å². The number of aliphatic hydroxyl groups excluding tert-OH is 1. The first-order chi connectivity index (χ1) is 9.10. The van der Waals surface area contributed by atoms with Crippen molar-refractivity contribution in [3.8, 4) is 5.75 Å². The highest BCUT2D eigenvalue weighted by Crippen LogP contribution is 2.35. The van der Waals surface area contributed by atoms with Gasteiger partial charge in [0.15, 0.2) is 0 Å². The minimum Gasteiger partial charge on any atom is -0.497 e. The number of anilines is 1. The van der Waals surface area contributed by atoms with Gasteiger partial charge in [-0.3, -0.25) is 4.79 Å². The summed E-state index contributed by atoms with van der Waals surface area (Å²) in [6, 6.07) is 7.09. The maximum Gasteiger partial charge on any atom is 0.232 e. The fraction of sp³-hybridized carbons (Fsp3) is 0.400. The van der Waals surface area contributed by atoms with Crippen LogP contribution in [0.15, 0.2) is 36.9 Å². The lowest BCUT2D eigenvalue weighted by Crippen LogP contribution is -2.65. The first-order valence-electron chi connectivity index (χ1n) is 6.36. The lowest BCUT2D eigenvalue weighted by atomic mass is 9.83. The third kappa shape index (κ3) is 2.36.